The van der Waals surface area contributed by atoms with Crippen LogP contribution in [0.2, 0.25) is 0 Å². The Morgan fingerprint density at radius 2 is 1.93 bits per heavy atom. The lowest BCUT2D eigenvalue weighted by Gasteiger charge is -2.02. The average Bonchev–Trinajstić information content (AvgIpc) is 2.19. The van der Waals surface area contributed by atoms with Crippen LogP contribution in [-0.4, -0.2) is 13.6 Å². The van der Waals surface area contributed by atoms with Gasteiger partial charge < -0.3 is 4.18 Å². The molecule has 4 nitrogen and oxygen atoms in total. The molecule has 0 radical (unpaired) electrons. The first-order valence-electron chi connectivity index (χ1n) is 3.56. The van der Waals surface area contributed by atoms with Gasteiger partial charge in [-0.1, -0.05) is 0 Å². The smallest absolute Gasteiger partial charge is 0.323 e. The first kappa shape index (κ1) is 10.8. The fourth-order valence-corrected chi connectivity index (χ4v) is 1.34. The summed E-state index contributed by atoms with van der Waals surface area (Å²) in [5.41, 5.74) is 0.431. The molecule has 0 aliphatic rings. The number of alkyl halides is 1. The maximum atomic E-state index is 10.9. The Hall–Kier alpha value is -1.25. The second-order valence-corrected chi connectivity index (χ2v) is 4.54. The summed E-state index contributed by atoms with van der Waals surface area (Å²) in [7, 11) is -3.71. The molecule has 0 aliphatic heterocycles. The third kappa shape index (κ3) is 2.91. The fraction of sp³-hybridized carbons (Fsp3) is 0.125. The summed E-state index contributed by atoms with van der Waals surface area (Å²) in [5, 5.41) is 7.87. The van der Waals surface area contributed by atoms with Crippen LogP contribution in [0.1, 0.15) is 5.56 Å². The van der Waals surface area contributed by atoms with Crippen molar-refractivity contribution in [3.05, 3.63) is 29.8 Å². The molecule has 1 aromatic carbocycles. The summed E-state index contributed by atoms with van der Waals surface area (Å²) in [4.78, 5) is 0. The van der Waals surface area contributed by atoms with Crippen molar-refractivity contribution in [2.24, 2.45) is 0 Å². The first-order chi connectivity index (χ1) is 6.57. The van der Waals surface area contributed by atoms with Crippen molar-refractivity contribution < 1.29 is 12.6 Å². The van der Waals surface area contributed by atoms with Crippen molar-refractivity contribution in [3.8, 4) is 11.8 Å². The van der Waals surface area contributed by atoms with E-state index in [2.05, 4.69) is 4.18 Å². The molecule has 1 aromatic rings. The molecule has 0 fully saturated rings. The van der Waals surface area contributed by atoms with Gasteiger partial charge in [0.25, 0.3) is 0 Å². The second kappa shape index (κ2) is 4.31. The molecule has 0 saturated carbocycles. The monoisotopic (exact) mass is 231 g/mol. The number of nitriles is 1. The van der Waals surface area contributed by atoms with Crippen LogP contribution >= 0.6 is 11.6 Å². The van der Waals surface area contributed by atoms with Gasteiger partial charge in [0.15, 0.2) is 5.21 Å². The quantitative estimate of drug-likeness (QED) is 0.584. The maximum absolute atomic E-state index is 10.9. The highest BCUT2D eigenvalue weighted by Gasteiger charge is 2.09. The van der Waals surface area contributed by atoms with Crippen molar-refractivity contribution in [1.29, 1.82) is 5.26 Å². The van der Waals surface area contributed by atoms with Crippen molar-refractivity contribution in [1.82, 2.24) is 0 Å². The van der Waals surface area contributed by atoms with Crippen molar-refractivity contribution >= 4 is 21.7 Å². The highest BCUT2D eigenvalue weighted by atomic mass is 35.5. The molecule has 14 heavy (non-hydrogen) atoms. The lowest BCUT2D eigenvalue weighted by molar-refractivity contribution is 0.491. The summed E-state index contributed by atoms with van der Waals surface area (Å²) in [6.07, 6.45) is 0. The average molecular weight is 232 g/mol. The van der Waals surface area contributed by atoms with E-state index < -0.39 is 15.3 Å². The fourth-order valence-electron chi connectivity index (χ4n) is 0.754. The van der Waals surface area contributed by atoms with Crippen molar-refractivity contribution in [2.45, 2.75) is 0 Å². The van der Waals surface area contributed by atoms with E-state index in [0.717, 1.165) is 0 Å². The first-order valence-corrected chi connectivity index (χ1v) is 5.67. The van der Waals surface area contributed by atoms with Crippen LogP contribution in [0, 0.1) is 11.3 Å². The summed E-state index contributed by atoms with van der Waals surface area (Å²) < 4.78 is 26.4. The SMILES string of the molecule is N#Cc1ccc(OS(=O)(=O)CCl)cc1. The van der Waals surface area contributed by atoms with Gasteiger partial charge in [-0.05, 0) is 24.3 Å². The molecule has 1 rings (SSSR count). The minimum atomic E-state index is -3.71. The molecule has 74 valence electrons. The van der Waals surface area contributed by atoms with Gasteiger partial charge in [-0.2, -0.15) is 13.7 Å². The predicted octanol–water partition coefficient (Wildman–Crippen LogP) is 1.46. The van der Waals surface area contributed by atoms with Crippen LogP contribution in [0.5, 0.6) is 5.75 Å². The molecule has 0 atom stereocenters. The van der Waals surface area contributed by atoms with Gasteiger partial charge in [0.1, 0.15) is 5.75 Å². The summed E-state index contributed by atoms with van der Waals surface area (Å²) in [6.45, 7) is 0. The highest BCUT2D eigenvalue weighted by molar-refractivity contribution is 7.88. The molecule has 0 aromatic heterocycles. The molecule has 0 saturated heterocycles. The van der Waals surface area contributed by atoms with E-state index in [9.17, 15) is 8.42 Å². The Balaban J connectivity index is 2.86. The number of hydrogen-bond donors (Lipinski definition) is 0. The third-order valence-corrected chi connectivity index (χ3v) is 2.86. The molecular weight excluding hydrogens is 226 g/mol. The van der Waals surface area contributed by atoms with Crippen molar-refractivity contribution in [3.63, 3.8) is 0 Å². The molecule has 0 aliphatic carbocycles. The minimum Gasteiger partial charge on any atom is -0.382 e. The van der Waals surface area contributed by atoms with Crippen LogP contribution in [0.4, 0.5) is 0 Å². The molecule has 0 heterocycles. The van der Waals surface area contributed by atoms with Gasteiger partial charge >= 0.3 is 10.1 Å². The Morgan fingerprint density at radius 1 is 1.36 bits per heavy atom. The Kier molecular flexibility index (Phi) is 3.33. The Bertz CT molecular complexity index is 446. The van der Waals surface area contributed by atoms with Gasteiger partial charge in [0.2, 0.25) is 0 Å². The molecular formula is C8H6ClNO3S. The topological polar surface area (TPSA) is 67.2 Å². The van der Waals surface area contributed by atoms with E-state index in [1.807, 2.05) is 6.07 Å². The van der Waals surface area contributed by atoms with E-state index in [1.54, 1.807) is 0 Å². The van der Waals surface area contributed by atoms with Gasteiger partial charge in [-0.15, -0.1) is 11.6 Å². The van der Waals surface area contributed by atoms with E-state index in [0.29, 0.717) is 5.56 Å². The van der Waals surface area contributed by atoms with Gasteiger partial charge in [0, 0.05) is 0 Å². The number of halogens is 1. The van der Waals surface area contributed by atoms with Crippen LogP contribution in [-0.2, 0) is 10.1 Å². The summed E-state index contributed by atoms with van der Waals surface area (Å²) in [5.74, 6) is 0.143. The van der Waals surface area contributed by atoms with Crippen molar-refractivity contribution in [2.75, 3.05) is 5.21 Å². The Morgan fingerprint density at radius 3 is 2.36 bits per heavy atom. The molecule has 0 unspecified atom stereocenters. The predicted molar refractivity (Wildman–Crippen MR) is 51.4 cm³/mol. The van der Waals surface area contributed by atoms with Crippen LogP contribution < -0.4 is 4.18 Å². The number of benzene rings is 1. The van der Waals surface area contributed by atoms with Gasteiger partial charge in [0.05, 0.1) is 11.6 Å². The zero-order valence-corrected chi connectivity index (χ0v) is 8.55. The number of rotatable bonds is 3. The normalized spacial score (nSPS) is 10.6. The number of hydrogen-bond acceptors (Lipinski definition) is 4. The van der Waals surface area contributed by atoms with Crippen LogP contribution in [0.15, 0.2) is 24.3 Å². The highest BCUT2D eigenvalue weighted by Crippen LogP contribution is 2.14. The van der Waals surface area contributed by atoms with Gasteiger partial charge in [-0.3, -0.25) is 0 Å². The molecule has 0 N–H and O–H groups in total. The lowest BCUT2D eigenvalue weighted by atomic mass is 10.2. The number of nitrogens with zero attached hydrogens (tertiary/aromatic N) is 1. The minimum absolute atomic E-state index is 0.143. The zero-order valence-electron chi connectivity index (χ0n) is 6.97. The van der Waals surface area contributed by atoms with Crippen LogP contribution in [0.3, 0.4) is 0 Å². The largest absolute Gasteiger partial charge is 0.382 e. The van der Waals surface area contributed by atoms with E-state index >= 15 is 0 Å². The molecule has 0 amide bonds. The van der Waals surface area contributed by atoms with E-state index in [4.69, 9.17) is 16.9 Å². The lowest BCUT2D eigenvalue weighted by Crippen LogP contribution is -2.09. The summed E-state index contributed by atoms with van der Waals surface area (Å²) in [6, 6.07) is 7.60. The van der Waals surface area contributed by atoms with Gasteiger partial charge in [-0.25, -0.2) is 0 Å². The zero-order chi connectivity index (χ0) is 10.6. The van der Waals surface area contributed by atoms with Crippen LogP contribution in [0.25, 0.3) is 0 Å². The maximum Gasteiger partial charge on any atom is 0.323 e. The molecule has 6 heteroatoms. The third-order valence-electron chi connectivity index (χ3n) is 1.34. The second-order valence-electron chi connectivity index (χ2n) is 2.39. The molecule has 0 bridgehead atoms. The standard InChI is InChI=1S/C8H6ClNO3S/c9-6-14(11,12)13-8-3-1-7(5-10)2-4-8/h1-4H,6H2. The summed E-state index contributed by atoms with van der Waals surface area (Å²) >= 11 is 5.14. The van der Waals surface area contributed by atoms with E-state index in [1.165, 1.54) is 24.3 Å². The molecule has 0 spiro atoms. The van der Waals surface area contributed by atoms with E-state index in [-0.39, 0.29) is 5.75 Å². The Labute approximate surface area is 86.8 Å².